The summed E-state index contributed by atoms with van der Waals surface area (Å²) >= 11 is 0. The average molecular weight is 411 g/mol. The van der Waals surface area contributed by atoms with Crippen molar-refractivity contribution in [3.8, 4) is 5.75 Å². The molecule has 30 heavy (non-hydrogen) atoms. The first-order chi connectivity index (χ1) is 14.0. The number of ether oxygens (including phenoxy) is 1. The number of benzene rings is 1. The number of H-pyrrole nitrogens is 1. The van der Waals surface area contributed by atoms with Crippen LogP contribution in [0.5, 0.6) is 5.75 Å². The zero-order valence-electron chi connectivity index (χ0n) is 18.3. The molecular weight excluding hydrogens is 380 g/mol. The van der Waals surface area contributed by atoms with Gasteiger partial charge in [-0.2, -0.15) is 0 Å². The van der Waals surface area contributed by atoms with E-state index in [2.05, 4.69) is 31.1 Å². The Balaban J connectivity index is 1.59. The number of hydrogen-bond donors (Lipinski definition) is 2. The molecule has 1 aromatic heterocycles. The third kappa shape index (κ3) is 4.99. The van der Waals surface area contributed by atoms with Crippen LogP contribution >= 0.6 is 0 Å². The molecule has 1 aliphatic rings. The van der Waals surface area contributed by atoms with Gasteiger partial charge in [0.2, 0.25) is 0 Å². The van der Waals surface area contributed by atoms with Crippen LogP contribution in [0.1, 0.15) is 73.0 Å². The largest absolute Gasteiger partial charge is 0.492 e. The molecule has 2 aromatic rings. The second-order valence-corrected chi connectivity index (χ2v) is 9.72. The maximum absolute atomic E-state index is 12.5. The van der Waals surface area contributed by atoms with Crippen LogP contribution in [0.3, 0.4) is 0 Å². The molecule has 6 heteroatoms. The number of fused-ring (bicyclic) bond motifs is 1. The molecule has 1 aliphatic carbocycles. The van der Waals surface area contributed by atoms with E-state index in [1.165, 1.54) is 11.6 Å². The van der Waals surface area contributed by atoms with Crippen LogP contribution in [0.15, 0.2) is 35.1 Å². The number of aromatic amines is 1. The first-order valence-corrected chi connectivity index (χ1v) is 10.3. The minimum atomic E-state index is -0.511. The summed E-state index contributed by atoms with van der Waals surface area (Å²) < 4.78 is 5.67. The van der Waals surface area contributed by atoms with Crippen molar-refractivity contribution in [3.05, 3.63) is 63.1 Å². The predicted octanol–water partition coefficient (Wildman–Crippen LogP) is 3.64. The van der Waals surface area contributed by atoms with Crippen LogP contribution in [0.2, 0.25) is 0 Å². The van der Waals surface area contributed by atoms with Crippen molar-refractivity contribution in [3.63, 3.8) is 0 Å². The van der Waals surface area contributed by atoms with Crippen molar-refractivity contribution >= 4 is 11.7 Å². The van der Waals surface area contributed by atoms with E-state index in [0.717, 1.165) is 5.75 Å². The van der Waals surface area contributed by atoms with Gasteiger partial charge in [-0.05, 0) is 41.0 Å². The second-order valence-electron chi connectivity index (χ2n) is 9.72. The van der Waals surface area contributed by atoms with Gasteiger partial charge < -0.3 is 15.0 Å². The van der Waals surface area contributed by atoms with E-state index in [4.69, 9.17) is 4.74 Å². The standard InChI is InChI=1S/C24H30N2O4/c1-23(2,3)15-6-8-16(9-7-15)30-11-10-25-21(28)18-12-17-19(26-22(18)29)13-24(4,5)14-20(17)27/h6-9,12H,10-11,13-14H2,1-5H3,(H,25,28)(H,26,29). The molecule has 0 atom stereocenters. The number of aromatic nitrogens is 1. The van der Waals surface area contributed by atoms with Gasteiger partial charge in [0.25, 0.3) is 11.5 Å². The molecule has 0 saturated carbocycles. The summed E-state index contributed by atoms with van der Waals surface area (Å²) in [7, 11) is 0. The van der Waals surface area contributed by atoms with Gasteiger partial charge in [-0.1, -0.05) is 46.8 Å². The molecule has 0 fully saturated rings. The van der Waals surface area contributed by atoms with Crippen molar-refractivity contribution in [2.75, 3.05) is 13.2 Å². The first kappa shape index (κ1) is 21.8. The summed E-state index contributed by atoms with van der Waals surface area (Å²) in [6, 6.07) is 9.29. The normalized spacial score (nSPS) is 15.4. The molecule has 160 valence electrons. The van der Waals surface area contributed by atoms with Crippen molar-refractivity contribution in [2.24, 2.45) is 5.41 Å². The molecule has 3 rings (SSSR count). The van der Waals surface area contributed by atoms with E-state index in [1.807, 2.05) is 38.1 Å². The summed E-state index contributed by atoms with van der Waals surface area (Å²) in [4.78, 5) is 40.0. The minimum absolute atomic E-state index is 0.0451. The summed E-state index contributed by atoms with van der Waals surface area (Å²) in [6.07, 6.45) is 1.00. The highest BCUT2D eigenvalue weighted by Crippen LogP contribution is 2.33. The molecule has 0 aliphatic heterocycles. The number of nitrogens with one attached hydrogen (secondary N) is 2. The van der Waals surface area contributed by atoms with Crippen LogP contribution in [0.25, 0.3) is 0 Å². The van der Waals surface area contributed by atoms with Gasteiger partial charge in [0.05, 0.1) is 6.54 Å². The van der Waals surface area contributed by atoms with Crippen LogP contribution in [-0.4, -0.2) is 29.8 Å². The van der Waals surface area contributed by atoms with Crippen LogP contribution in [-0.2, 0) is 11.8 Å². The van der Waals surface area contributed by atoms with E-state index < -0.39 is 11.5 Å². The highest BCUT2D eigenvalue weighted by Gasteiger charge is 2.32. The van der Waals surface area contributed by atoms with E-state index in [0.29, 0.717) is 24.1 Å². The maximum Gasteiger partial charge on any atom is 0.261 e. The Bertz CT molecular complexity index is 1010. The van der Waals surface area contributed by atoms with Gasteiger partial charge >= 0.3 is 0 Å². The first-order valence-electron chi connectivity index (χ1n) is 10.3. The number of ketones is 1. The molecule has 1 aromatic carbocycles. The lowest BCUT2D eigenvalue weighted by atomic mass is 9.75. The molecule has 0 spiro atoms. The Kier molecular flexibility index (Phi) is 5.88. The lowest BCUT2D eigenvalue weighted by Crippen LogP contribution is -2.35. The summed E-state index contributed by atoms with van der Waals surface area (Å²) in [6.45, 7) is 10.9. The van der Waals surface area contributed by atoms with Crippen LogP contribution < -0.4 is 15.6 Å². The minimum Gasteiger partial charge on any atom is -0.492 e. The van der Waals surface area contributed by atoms with Gasteiger partial charge in [0, 0.05) is 17.7 Å². The summed E-state index contributed by atoms with van der Waals surface area (Å²) in [5, 5.41) is 2.69. The fourth-order valence-electron chi connectivity index (χ4n) is 3.68. The van der Waals surface area contributed by atoms with E-state index in [-0.39, 0.29) is 35.3 Å². The number of carbonyl (C=O) groups excluding carboxylic acids is 2. The molecule has 0 radical (unpaired) electrons. The third-order valence-corrected chi connectivity index (χ3v) is 5.34. The number of hydrogen-bond acceptors (Lipinski definition) is 4. The van der Waals surface area contributed by atoms with Crippen molar-refractivity contribution in [1.29, 1.82) is 0 Å². The molecule has 0 saturated heterocycles. The predicted molar refractivity (Wildman–Crippen MR) is 116 cm³/mol. The Hall–Kier alpha value is -2.89. The zero-order chi connectivity index (χ0) is 22.1. The highest BCUT2D eigenvalue weighted by molar-refractivity contribution is 6.02. The molecule has 0 bridgehead atoms. The molecule has 2 N–H and O–H groups in total. The summed E-state index contributed by atoms with van der Waals surface area (Å²) in [5.74, 6) is 0.161. The number of carbonyl (C=O) groups is 2. The Labute approximate surface area is 177 Å². The van der Waals surface area contributed by atoms with Gasteiger partial charge in [0.15, 0.2) is 5.78 Å². The highest BCUT2D eigenvalue weighted by atomic mass is 16.5. The monoisotopic (exact) mass is 410 g/mol. The fourth-order valence-corrected chi connectivity index (χ4v) is 3.68. The number of pyridine rings is 1. The SMILES string of the molecule is CC1(C)CC(=O)c2cc(C(=O)NCCOc3ccc(C(C)(C)C)cc3)c(=O)[nH]c2C1. The fraction of sp³-hybridized carbons (Fsp3) is 0.458. The van der Waals surface area contributed by atoms with Crippen molar-refractivity contribution in [2.45, 2.75) is 52.9 Å². The van der Waals surface area contributed by atoms with Gasteiger partial charge in [-0.3, -0.25) is 14.4 Å². The van der Waals surface area contributed by atoms with Gasteiger partial charge in [-0.25, -0.2) is 0 Å². The molecule has 1 amide bonds. The van der Waals surface area contributed by atoms with Crippen LogP contribution in [0, 0.1) is 5.41 Å². The Morgan fingerprint density at radius 3 is 2.43 bits per heavy atom. The van der Waals surface area contributed by atoms with Gasteiger partial charge in [0.1, 0.15) is 17.9 Å². The number of rotatable bonds is 5. The number of amides is 1. The van der Waals surface area contributed by atoms with Crippen molar-refractivity contribution < 1.29 is 14.3 Å². The average Bonchev–Trinajstić information content (AvgIpc) is 2.63. The summed E-state index contributed by atoms with van der Waals surface area (Å²) in [5.41, 5.74) is 1.62. The van der Waals surface area contributed by atoms with E-state index in [1.54, 1.807) is 0 Å². The third-order valence-electron chi connectivity index (χ3n) is 5.34. The molecule has 0 unspecified atom stereocenters. The van der Waals surface area contributed by atoms with E-state index >= 15 is 0 Å². The second kappa shape index (κ2) is 8.09. The van der Waals surface area contributed by atoms with Crippen LogP contribution in [0.4, 0.5) is 0 Å². The quantitative estimate of drug-likeness (QED) is 0.737. The Morgan fingerprint density at radius 2 is 1.80 bits per heavy atom. The smallest absolute Gasteiger partial charge is 0.261 e. The lowest BCUT2D eigenvalue weighted by molar-refractivity contribution is 0.0910. The lowest BCUT2D eigenvalue weighted by Gasteiger charge is -2.29. The molecule has 6 nitrogen and oxygen atoms in total. The number of Topliss-reactive ketones (excluding diaryl/α,β-unsaturated/α-hetero) is 1. The van der Waals surface area contributed by atoms with Gasteiger partial charge in [-0.15, -0.1) is 0 Å². The molecular formula is C24H30N2O4. The maximum atomic E-state index is 12.5. The molecule has 1 heterocycles. The van der Waals surface area contributed by atoms with Crippen molar-refractivity contribution in [1.82, 2.24) is 10.3 Å². The van der Waals surface area contributed by atoms with E-state index in [9.17, 15) is 14.4 Å². The topological polar surface area (TPSA) is 88.3 Å². The zero-order valence-corrected chi connectivity index (χ0v) is 18.3. The Morgan fingerprint density at radius 1 is 1.13 bits per heavy atom.